The predicted octanol–water partition coefficient (Wildman–Crippen LogP) is 10.4. The molecule has 0 saturated carbocycles. The van der Waals surface area contributed by atoms with Crippen molar-refractivity contribution in [3.8, 4) is 5.75 Å². The fourth-order valence-electron chi connectivity index (χ4n) is 4.29. The SMILES string of the molecule is C/C=C(\C)C(F)(F)F.C=CCC.C=O.CC.CC(C)N(C1CCN(CC(=O)Nc2ccc(OC(F)(F)F)cc2)CC1)S(=O)c1cccc(C(F)(F)F)c1. The smallest absolute Gasteiger partial charge is 0.406 e. The monoisotopic (exact) mass is 791 g/mol. The van der Waals surface area contributed by atoms with Gasteiger partial charge in [0.2, 0.25) is 5.91 Å². The quantitative estimate of drug-likeness (QED) is 0.202. The van der Waals surface area contributed by atoms with Crippen LogP contribution in [0.1, 0.15) is 73.3 Å². The highest BCUT2D eigenvalue weighted by atomic mass is 32.2. The Labute approximate surface area is 308 Å². The number of ether oxygens (including phenoxy) is 1. The zero-order valence-corrected chi connectivity index (χ0v) is 31.7. The summed E-state index contributed by atoms with van der Waals surface area (Å²) in [5, 5.41) is 2.62. The van der Waals surface area contributed by atoms with Crippen molar-refractivity contribution in [1.29, 1.82) is 0 Å². The van der Waals surface area contributed by atoms with Gasteiger partial charge in [0.25, 0.3) is 0 Å². The average Bonchev–Trinajstić information content (AvgIpc) is 3.10. The second-order valence-corrected chi connectivity index (χ2v) is 12.4. The molecule has 1 heterocycles. The highest BCUT2D eigenvalue weighted by Crippen LogP contribution is 2.32. The first kappa shape index (κ1) is 51.4. The minimum absolute atomic E-state index is 0.0475. The van der Waals surface area contributed by atoms with Crippen LogP contribution in [0.4, 0.5) is 45.2 Å². The van der Waals surface area contributed by atoms with Crippen LogP contribution in [-0.4, -0.2) is 70.4 Å². The molecule has 1 aliphatic heterocycles. The standard InChI is InChI=1S/C24H27F6N3O3S.C5H7F3.C4H8.C2H6.CH2O/c1-16(2)33(37(35)21-5-3-4-17(14-21)23(25,26)27)19-10-12-32(13-11-19)15-22(34)31-18-6-8-20(9-7-18)36-24(28,29)30;1-3-4(2)5(6,7)8;1-3-4-2;2*1-2/h3-9,14,16,19H,10-13,15H2,1-2H3,(H,31,34);3H,1-2H3;3H,1,4H2,2H3;1-2H3;1H2/b;4-3+;;;. The largest absolute Gasteiger partial charge is 0.573 e. The van der Waals surface area contributed by atoms with Crippen molar-refractivity contribution >= 4 is 29.4 Å². The second-order valence-electron chi connectivity index (χ2n) is 11.0. The van der Waals surface area contributed by atoms with Crippen LogP contribution in [0, 0.1) is 0 Å². The normalized spacial score (nSPS) is 14.5. The van der Waals surface area contributed by atoms with Crippen molar-refractivity contribution in [2.24, 2.45) is 0 Å². The number of nitrogens with one attached hydrogen (secondary N) is 1. The van der Waals surface area contributed by atoms with Gasteiger partial charge in [-0.05, 0) is 89.4 Å². The number of nitrogens with zero attached hydrogens (tertiary/aromatic N) is 2. The molecular weight excluding hydrogens is 741 g/mol. The molecule has 1 saturated heterocycles. The number of carbonyl (C=O) groups is 2. The maximum absolute atomic E-state index is 13.2. The zero-order chi connectivity index (χ0) is 41.6. The number of hydrogen-bond acceptors (Lipinski definition) is 5. The van der Waals surface area contributed by atoms with Crippen LogP contribution in [0.3, 0.4) is 0 Å². The van der Waals surface area contributed by atoms with E-state index in [0.29, 0.717) is 31.6 Å². The first-order valence-corrected chi connectivity index (χ1v) is 17.6. The van der Waals surface area contributed by atoms with Crippen molar-refractivity contribution < 1.29 is 58.0 Å². The number of piperidine rings is 1. The molecular formula is C36H50F9N3O4S. The molecule has 3 rings (SSSR count). The van der Waals surface area contributed by atoms with Gasteiger partial charge in [-0.25, -0.2) is 8.51 Å². The van der Waals surface area contributed by atoms with Gasteiger partial charge in [-0.2, -0.15) is 26.3 Å². The molecule has 1 unspecified atom stereocenters. The highest BCUT2D eigenvalue weighted by molar-refractivity contribution is 7.82. The molecule has 1 fully saturated rings. The predicted molar refractivity (Wildman–Crippen MR) is 190 cm³/mol. The van der Waals surface area contributed by atoms with Gasteiger partial charge in [0.05, 0.1) is 17.0 Å². The van der Waals surface area contributed by atoms with Crippen LogP contribution >= 0.6 is 0 Å². The maximum Gasteiger partial charge on any atom is 0.573 e. The van der Waals surface area contributed by atoms with Crippen molar-refractivity contribution in [1.82, 2.24) is 9.21 Å². The highest BCUT2D eigenvalue weighted by Gasteiger charge is 2.34. The summed E-state index contributed by atoms with van der Waals surface area (Å²) in [6, 6.07) is 8.95. The Morgan fingerprint density at radius 3 is 1.89 bits per heavy atom. The lowest BCUT2D eigenvalue weighted by atomic mass is 10.0. The summed E-state index contributed by atoms with van der Waals surface area (Å²) in [5.41, 5.74) is -1.08. The molecule has 1 amide bonds. The lowest BCUT2D eigenvalue weighted by Crippen LogP contribution is -2.49. The topological polar surface area (TPSA) is 79.0 Å². The number of rotatable bonds is 9. The van der Waals surface area contributed by atoms with E-state index in [1.807, 2.05) is 45.5 Å². The summed E-state index contributed by atoms with van der Waals surface area (Å²) >= 11 is 0. The van der Waals surface area contributed by atoms with Gasteiger partial charge in [0.15, 0.2) is 0 Å². The first-order chi connectivity index (χ1) is 24.6. The van der Waals surface area contributed by atoms with E-state index in [1.54, 1.807) is 4.31 Å². The van der Waals surface area contributed by atoms with E-state index in [9.17, 15) is 48.5 Å². The van der Waals surface area contributed by atoms with Crippen LogP contribution in [-0.2, 0) is 26.8 Å². The van der Waals surface area contributed by atoms with E-state index in [1.165, 1.54) is 31.2 Å². The molecule has 53 heavy (non-hydrogen) atoms. The number of anilines is 1. The number of allylic oxidation sites excluding steroid dienone is 3. The number of alkyl halides is 9. The van der Waals surface area contributed by atoms with Crippen LogP contribution < -0.4 is 10.1 Å². The number of halogens is 9. The molecule has 0 bridgehead atoms. The number of likely N-dealkylation sites (tertiary alicyclic amines) is 1. The lowest BCUT2D eigenvalue weighted by Gasteiger charge is -2.39. The fraction of sp³-hybridized carbons (Fsp3) is 0.500. The van der Waals surface area contributed by atoms with Gasteiger partial charge < -0.3 is 14.8 Å². The maximum atomic E-state index is 13.2. The Kier molecular flexibility index (Phi) is 24.6. The molecule has 302 valence electrons. The van der Waals surface area contributed by atoms with Gasteiger partial charge >= 0.3 is 18.7 Å². The van der Waals surface area contributed by atoms with Gasteiger partial charge in [0.1, 0.15) is 23.5 Å². The number of hydrogen-bond donors (Lipinski definition) is 1. The van der Waals surface area contributed by atoms with E-state index in [4.69, 9.17) is 4.79 Å². The zero-order valence-electron chi connectivity index (χ0n) is 30.9. The van der Waals surface area contributed by atoms with E-state index < -0.39 is 46.6 Å². The molecule has 2 aromatic carbocycles. The number of benzene rings is 2. The molecule has 0 aromatic heterocycles. The van der Waals surface area contributed by atoms with E-state index in [0.717, 1.165) is 43.7 Å². The third-order valence-corrected chi connectivity index (χ3v) is 8.65. The van der Waals surface area contributed by atoms with Crippen LogP contribution in [0.5, 0.6) is 5.75 Å². The second kappa shape index (κ2) is 25.3. The number of carbonyl (C=O) groups excluding carboxylic acids is 2. The molecule has 0 radical (unpaired) electrons. The minimum atomic E-state index is -4.80. The van der Waals surface area contributed by atoms with E-state index in [-0.39, 0.29) is 29.4 Å². The van der Waals surface area contributed by atoms with E-state index in [2.05, 4.69) is 23.6 Å². The lowest BCUT2D eigenvalue weighted by molar-refractivity contribution is -0.274. The average molecular weight is 792 g/mol. The molecule has 1 atom stereocenters. The first-order valence-electron chi connectivity index (χ1n) is 16.5. The number of amides is 1. The summed E-state index contributed by atoms with van der Waals surface area (Å²) in [5.74, 6) is -0.749. The third-order valence-electron chi connectivity index (χ3n) is 6.89. The summed E-state index contributed by atoms with van der Waals surface area (Å²) in [6.07, 6.45) is -8.36. The Morgan fingerprint density at radius 2 is 1.51 bits per heavy atom. The van der Waals surface area contributed by atoms with Crippen molar-refractivity contribution in [2.75, 3.05) is 25.0 Å². The fourth-order valence-corrected chi connectivity index (χ4v) is 5.82. The molecule has 2 aromatic rings. The Morgan fingerprint density at radius 1 is 1.00 bits per heavy atom. The summed E-state index contributed by atoms with van der Waals surface area (Å²) in [6.45, 7) is 18.7. The molecule has 1 aliphatic rings. The molecule has 0 aliphatic carbocycles. The third kappa shape index (κ3) is 21.0. The van der Waals surface area contributed by atoms with Crippen molar-refractivity contribution in [3.63, 3.8) is 0 Å². The van der Waals surface area contributed by atoms with Crippen LogP contribution in [0.2, 0.25) is 0 Å². The molecule has 1 N–H and O–H groups in total. The van der Waals surface area contributed by atoms with Crippen LogP contribution in [0.25, 0.3) is 0 Å². The van der Waals surface area contributed by atoms with E-state index >= 15 is 0 Å². The molecule has 7 nitrogen and oxygen atoms in total. The molecule has 17 heteroatoms. The van der Waals surface area contributed by atoms with Gasteiger partial charge in [0, 0.05) is 36.4 Å². The molecule has 0 spiro atoms. The van der Waals surface area contributed by atoms with Crippen molar-refractivity contribution in [2.45, 2.75) is 103 Å². The van der Waals surface area contributed by atoms with Gasteiger partial charge in [-0.3, -0.25) is 9.69 Å². The summed E-state index contributed by atoms with van der Waals surface area (Å²) in [7, 11) is -1.80. The van der Waals surface area contributed by atoms with Gasteiger partial charge in [-0.1, -0.05) is 39.0 Å². The Hall–Kier alpha value is -3.70. The summed E-state index contributed by atoms with van der Waals surface area (Å²) < 4.78 is 129. The van der Waals surface area contributed by atoms with Crippen LogP contribution in [0.15, 0.2) is 77.7 Å². The van der Waals surface area contributed by atoms with Crippen molar-refractivity contribution in [3.05, 3.63) is 78.4 Å². The minimum Gasteiger partial charge on any atom is -0.406 e. The summed E-state index contributed by atoms with van der Waals surface area (Å²) in [4.78, 5) is 22.4. The Balaban J connectivity index is 0. The Bertz CT molecular complexity index is 1390. The van der Waals surface area contributed by atoms with Gasteiger partial charge in [-0.15, -0.1) is 19.8 Å².